The van der Waals surface area contributed by atoms with Crippen molar-refractivity contribution in [3.8, 4) is 0 Å². The summed E-state index contributed by atoms with van der Waals surface area (Å²) < 4.78 is 0.814. The Bertz CT molecular complexity index is 1450. The SMILES string of the molecule is C[C@H]1CCCCNC(=O)CC[C@@H](C(=O)N[C@@H](CCCN=C(N)N)C(=O)c2nc3ccccc3s2)NC(=O)[C@H](CCCN=C(N)N)NC1=O. The molecule has 0 spiro atoms. The van der Waals surface area contributed by atoms with E-state index in [1.165, 1.54) is 11.3 Å². The number of para-hydroxylation sites is 1. The maximum absolute atomic E-state index is 13.8. The predicted octanol–water partition coefficient (Wildman–Crippen LogP) is -0.243. The number of ketones is 1. The highest BCUT2D eigenvalue weighted by Crippen LogP contribution is 2.23. The molecule has 262 valence electrons. The number of carbonyl (C=O) groups is 5. The van der Waals surface area contributed by atoms with Gasteiger partial charge in [0, 0.05) is 32.0 Å². The lowest BCUT2D eigenvalue weighted by Crippen LogP contribution is -2.56. The molecule has 1 aliphatic heterocycles. The average Bonchev–Trinajstić information content (AvgIpc) is 3.48. The molecule has 1 aliphatic rings. The van der Waals surface area contributed by atoms with Crippen LogP contribution in [0.2, 0.25) is 0 Å². The molecule has 0 radical (unpaired) electrons. The lowest BCUT2D eigenvalue weighted by atomic mass is 10.0. The number of aromatic nitrogens is 1. The maximum atomic E-state index is 13.8. The minimum absolute atomic E-state index is 0.0511. The zero-order chi connectivity index (χ0) is 35.1. The molecule has 4 amide bonds. The Hall–Kier alpha value is -4.80. The molecule has 4 atom stereocenters. The van der Waals surface area contributed by atoms with Crippen molar-refractivity contribution in [1.82, 2.24) is 26.3 Å². The maximum Gasteiger partial charge on any atom is 0.243 e. The van der Waals surface area contributed by atoms with Gasteiger partial charge in [0.25, 0.3) is 0 Å². The molecule has 16 nitrogen and oxygen atoms in total. The fraction of sp³-hybridized carbons (Fsp3) is 0.548. The van der Waals surface area contributed by atoms with Gasteiger partial charge in [-0.3, -0.25) is 34.0 Å². The van der Waals surface area contributed by atoms with Gasteiger partial charge in [-0.1, -0.05) is 25.5 Å². The van der Waals surface area contributed by atoms with Gasteiger partial charge in [-0.25, -0.2) is 4.98 Å². The van der Waals surface area contributed by atoms with Crippen molar-refractivity contribution in [2.24, 2.45) is 38.8 Å². The molecule has 0 aliphatic carbocycles. The van der Waals surface area contributed by atoms with Crippen molar-refractivity contribution in [1.29, 1.82) is 0 Å². The van der Waals surface area contributed by atoms with Crippen LogP contribution in [0.3, 0.4) is 0 Å². The molecule has 1 saturated heterocycles. The number of nitrogens with two attached hydrogens (primary N) is 4. The second-order valence-corrected chi connectivity index (χ2v) is 12.7. The van der Waals surface area contributed by atoms with E-state index in [9.17, 15) is 24.0 Å². The number of Topliss-reactive ketones (excluding diaryl/α,β-unsaturated/α-hetero) is 1. The number of hydrogen-bond donors (Lipinski definition) is 8. The normalized spacial score (nSPS) is 20.2. The van der Waals surface area contributed by atoms with Crippen LogP contribution in [0.1, 0.15) is 74.5 Å². The fourth-order valence-electron chi connectivity index (χ4n) is 5.10. The van der Waals surface area contributed by atoms with E-state index in [0.29, 0.717) is 44.2 Å². The lowest BCUT2D eigenvalue weighted by molar-refractivity contribution is -0.133. The first kappa shape index (κ1) is 37.7. The minimum Gasteiger partial charge on any atom is -0.370 e. The van der Waals surface area contributed by atoms with E-state index in [2.05, 4.69) is 36.2 Å². The zero-order valence-corrected chi connectivity index (χ0v) is 28.0. The third kappa shape index (κ3) is 12.4. The summed E-state index contributed by atoms with van der Waals surface area (Å²) in [5.74, 6) is -2.86. The highest BCUT2D eigenvalue weighted by molar-refractivity contribution is 7.20. The van der Waals surface area contributed by atoms with E-state index >= 15 is 0 Å². The summed E-state index contributed by atoms with van der Waals surface area (Å²) >= 11 is 1.21. The molecule has 1 fully saturated rings. The molecule has 2 heterocycles. The summed E-state index contributed by atoms with van der Waals surface area (Å²) in [5.41, 5.74) is 22.4. The van der Waals surface area contributed by atoms with Crippen molar-refractivity contribution in [2.45, 2.75) is 82.8 Å². The highest BCUT2D eigenvalue weighted by Gasteiger charge is 2.32. The molecular weight excluding hydrogens is 638 g/mol. The second-order valence-electron chi connectivity index (χ2n) is 11.7. The van der Waals surface area contributed by atoms with Crippen molar-refractivity contribution in [2.75, 3.05) is 19.6 Å². The van der Waals surface area contributed by atoms with Crippen LogP contribution in [0, 0.1) is 5.92 Å². The van der Waals surface area contributed by atoms with E-state index in [-0.39, 0.29) is 73.4 Å². The minimum atomic E-state index is -1.20. The number of thiazole rings is 1. The topological polar surface area (TPSA) is 275 Å². The average molecular weight is 686 g/mol. The number of carbonyl (C=O) groups excluding carboxylic acids is 5. The molecule has 1 aromatic heterocycles. The Kier molecular flexibility index (Phi) is 15.0. The summed E-state index contributed by atoms with van der Waals surface area (Å²) in [7, 11) is 0. The first-order valence-electron chi connectivity index (χ1n) is 16.1. The Morgan fingerprint density at radius 3 is 2.40 bits per heavy atom. The van der Waals surface area contributed by atoms with Gasteiger partial charge >= 0.3 is 0 Å². The van der Waals surface area contributed by atoms with Crippen molar-refractivity contribution < 1.29 is 24.0 Å². The fourth-order valence-corrected chi connectivity index (χ4v) is 6.06. The Morgan fingerprint density at radius 2 is 1.69 bits per heavy atom. The van der Waals surface area contributed by atoms with Gasteiger partial charge in [0.2, 0.25) is 29.4 Å². The molecular formula is C31H47N11O5S. The van der Waals surface area contributed by atoms with Crippen LogP contribution in [0.4, 0.5) is 0 Å². The van der Waals surface area contributed by atoms with Crippen LogP contribution in [0.5, 0.6) is 0 Å². The number of fused-ring (bicyclic) bond motifs is 1. The number of amides is 4. The summed E-state index contributed by atoms with van der Waals surface area (Å²) in [6.45, 7) is 2.64. The van der Waals surface area contributed by atoms with Crippen LogP contribution in [-0.4, -0.2) is 84.1 Å². The first-order valence-corrected chi connectivity index (χ1v) is 16.9. The van der Waals surface area contributed by atoms with Gasteiger partial charge in [0.1, 0.15) is 12.1 Å². The largest absolute Gasteiger partial charge is 0.370 e. The number of hydrogen-bond acceptors (Lipinski definition) is 9. The van der Waals surface area contributed by atoms with Gasteiger partial charge in [0.15, 0.2) is 16.9 Å². The van der Waals surface area contributed by atoms with Crippen LogP contribution < -0.4 is 44.2 Å². The number of guanidine groups is 2. The first-order chi connectivity index (χ1) is 22.9. The number of aliphatic imine (C=N–C) groups is 2. The summed E-state index contributed by atoms with van der Waals surface area (Å²) in [5, 5.41) is 11.4. The zero-order valence-electron chi connectivity index (χ0n) is 27.2. The monoisotopic (exact) mass is 685 g/mol. The van der Waals surface area contributed by atoms with Gasteiger partial charge in [0.05, 0.1) is 16.3 Å². The molecule has 48 heavy (non-hydrogen) atoms. The van der Waals surface area contributed by atoms with E-state index in [1.54, 1.807) is 13.0 Å². The number of nitrogens with one attached hydrogen (secondary N) is 4. The summed E-state index contributed by atoms with van der Waals surface area (Å²) in [6, 6.07) is 4.07. The Morgan fingerprint density at radius 1 is 0.979 bits per heavy atom. The van der Waals surface area contributed by atoms with E-state index in [0.717, 1.165) is 4.70 Å². The van der Waals surface area contributed by atoms with E-state index in [1.807, 2.05) is 18.2 Å². The molecule has 3 rings (SSSR count). The van der Waals surface area contributed by atoms with Gasteiger partial charge in [-0.05, 0) is 57.1 Å². The standard InChI is InChI=1S/C31H47N11O5S/c1-18-8-4-5-15-36-24(43)14-13-22(41-27(46)21(40-26(18)45)11-7-17-38-31(34)35)28(47)39-20(10-6-16-37-30(32)33)25(44)29-42-19-9-2-3-12-23(19)48-29/h2-3,9,12,18,20-22H,4-8,10-11,13-17H2,1H3,(H,36,43)(H,39,47)(H,40,45)(H,41,46)(H4,32,33,37)(H4,34,35,38)/t18-,20-,21-,22-/m0/s1. The summed E-state index contributed by atoms with van der Waals surface area (Å²) in [6.07, 6.45) is 2.94. The van der Waals surface area contributed by atoms with Crippen molar-refractivity contribution in [3.63, 3.8) is 0 Å². The summed E-state index contributed by atoms with van der Waals surface area (Å²) in [4.78, 5) is 79.3. The van der Waals surface area contributed by atoms with E-state index in [4.69, 9.17) is 22.9 Å². The van der Waals surface area contributed by atoms with Crippen LogP contribution in [-0.2, 0) is 19.2 Å². The molecule has 2 aromatic rings. The van der Waals surface area contributed by atoms with Gasteiger partial charge in [-0.2, -0.15) is 0 Å². The van der Waals surface area contributed by atoms with Gasteiger partial charge < -0.3 is 44.2 Å². The quantitative estimate of drug-likeness (QED) is 0.0628. The molecule has 0 saturated carbocycles. The van der Waals surface area contributed by atoms with Crippen molar-refractivity contribution in [3.05, 3.63) is 29.3 Å². The van der Waals surface area contributed by atoms with Gasteiger partial charge in [-0.15, -0.1) is 11.3 Å². The van der Waals surface area contributed by atoms with E-state index < -0.39 is 35.7 Å². The number of nitrogens with zero attached hydrogens (tertiary/aromatic N) is 3. The smallest absolute Gasteiger partial charge is 0.243 e. The number of rotatable bonds is 12. The number of benzene rings is 1. The Balaban J connectivity index is 1.86. The Labute approximate surface area is 283 Å². The third-order valence-electron chi connectivity index (χ3n) is 7.79. The highest BCUT2D eigenvalue weighted by atomic mass is 32.1. The van der Waals surface area contributed by atoms with Crippen LogP contribution in [0.15, 0.2) is 34.3 Å². The molecule has 0 unspecified atom stereocenters. The molecule has 1 aromatic carbocycles. The lowest BCUT2D eigenvalue weighted by Gasteiger charge is -2.25. The predicted molar refractivity (Wildman–Crippen MR) is 185 cm³/mol. The third-order valence-corrected chi connectivity index (χ3v) is 8.84. The molecule has 12 N–H and O–H groups in total. The molecule has 0 bridgehead atoms. The van der Waals surface area contributed by atoms with Crippen LogP contribution >= 0.6 is 11.3 Å². The van der Waals surface area contributed by atoms with Crippen molar-refractivity contribution >= 4 is 62.9 Å². The second kappa shape index (κ2) is 19.1. The van der Waals surface area contributed by atoms with Crippen LogP contribution in [0.25, 0.3) is 10.2 Å². The molecule has 17 heteroatoms.